The van der Waals surface area contributed by atoms with Gasteiger partial charge in [0.1, 0.15) is 0 Å². The SMILES string of the molecule is COc1cc(C(O)Cc2ccc(Cl)cc2)cc(Cl)c1OC. The van der Waals surface area contributed by atoms with Gasteiger partial charge in [0, 0.05) is 11.4 Å². The van der Waals surface area contributed by atoms with E-state index < -0.39 is 6.10 Å². The number of ether oxygens (including phenoxy) is 2. The molecule has 0 spiro atoms. The number of benzene rings is 2. The van der Waals surface area contributed by atoms with Crippen molar-refractivity contribution >= 4 is 23.2 Å². The molecule has 3 nitrogen and oxygen atoms in total. The van der Waals surface area contributed by atoms with E-state index in [1.165, 1.54) is 14.2 Å². The first-order valence-corrected chi connectivity index (χ1v) is 7.14. The molecule has 0 heterocycles. The minimum absolute atomic E-state index is 0.405. The molecular weight excluding hydrogens is 311 g/mol. The summed E-state index contributed by atoms with van der Waals surface area (Å²) in [7, 11) is 3.05. The predicted octanol–water partition coefficient (Wildman–Crippen LogP) is 4.29. The topological polar surface area (TPSA) is 38.7 Å². The Morgan fingerprint density at radius 2 is 1.71 bits per heavy atom. The van der Waals surface area contributed by atoms with Gasteiger partial charge in [-0.2, -0.15) is 0 Å². The van der Waals surface area contributed by atoms with Gasteiger partial charge in [0.2, 0.25) is 0 Å². The number of halogens is 2. The summed E-state index contributed by atoms with van der Waals surface area (Å²) in [6, 6.07) is 10.8. The zero-order valence-corrected chi connectivity index (χ0v) is 13.3. The van der Waals surface area contributed by atoms with Crippen LogP contribution in [0.5, 0.6) is 11.5 Å². The average molecular weight is 327 g/mol. The summed E-state index contributed by atoms with van der Waals surface area (Å²) >= 11 is 12.0. The van der Waals surface area contributed by atoms with Crippen LogP contribution in [-0.4, -0.2) is 19.3 Å². The van der Waals surface area contributed by atoms with E-state index in [2.05, 4.69) is 0 Å². The van der Waals surface area contributed by atoms with Crippen molar-refractivity contribution in [3.63, 3.8) is 0 Å². The summed E-state index contributed by atoms with van der Waals surface area (Å²) in [5.74, 6) is 0.955. The molecule has 2 aromatic carbocycles. The van der Waals surface area contributed by atoms with Gasteiger partial charge < -0.3 is 14.6 Å². The second-order valence-corrected chi connectivity index (χ2v) is 5.43. The highest BCUT2D eigenvalue weighted by Crippen LogP contribution is 2.38. The molecule has 2 aromatic rings. The molecule has 0 aromatic heterocycles. The summed E-state index contributed by atoms with van der Waals surface area (Å²) in [6.45, 7) is 0. The summed E-state index contributed by atoms with van der Waals surface area (Å²) < 4.78 is 10.4. The number of hydrogen-bond acceptors (Lipinski definition) is 3. The Balaban J connectivity index is 2.24. The first-order chi connectivity index (χ1) is 10.0. The zero-order chi connectivity index (χ0) is 15.4. The Labute approximate surface area is 134 Å². The van der Waals surface area contributed by atoms with Crippen LogP contribution in [0.25, 0.3) is 0 Å². The standard InChI is InChI=1S/C16H16Cl2O3/c1-20-15-9-11(8-13(18)16(15)21-2)14(19)7-10-3-5-12(17)6-4-10/h3-6,8-9,14,19H,7H2,1-2H3. The molecule has 0 saturated carbocycles. The third kappa shape index (κ3) is 3.82. The van der Waals surface area contributed by atoms with E-state index in [0.717, 1.165) is 5.56 Å². The normalized spacial score (nSPS) is 12.0. The highest BCUT2D eigenvalue weighted by molar-refractivity contribution is 6.32. The average Bonchev–Trinajstić information content (AvgIpc) is 2.48. The van der Waals surface area contributed by atoms with E-state index in [0.29, 0.717) is 33.5 Å². The van der Waals surface area contributed by atoms with Crippen molar-refractivity contribution < 1.29 is 14.6 Å². The van der Waals surface area contributed by atoms with E-state index in [-0.39, 0.29) is 0 Å². The van der Waals surface area contributed by atoms with Crippen LogP contribution in [0, 0.1) is 0 Å². The molecule has 0 bridgehead atoms. The molecule has 0 aliphatic heterocycles. The predicted molar refractivity (Wildman–Crippen MR) is 84.7 cm³/mol. The van der Waals surface area contributed by atoms with Crippen LogP contribution in [0.2, 0.25) is 10.0 Å². The Hall–Kier alpha value is -1.42. The third-order valence-electron chi connectivity index (χ3n) is 3.18. The van der Waals surface area contributed by atoms with Gasteiger partial charge in [0.15, 0.2) is 11.5 Å². The van der Waals surface area contributed by atoms with Gasteiger partial charge in [-0.1, -0.05) is 35.3 Å². The van der Waals surface area contributed by atoms with Crippen LogP contribution in [-0.2, 0) is 6.42 Å². The Bertz CT molecular complexity index is 612. The summed E-state index contributed by atoms with van der Waals surface area (Å²) in [6.07, 6.45) is -0.230. The molecule has 0 aliphatic carbocycles. The maximum absolute atomic E-state index is 10.4. The maximum atomic E-state index is 10.4. The van der Waals surface area contributed by atoms with E-state index in [1.807, 2.05) is 12.1 Å². The Kier molecular flexibility index (Phi) is 5.34. The van der Waals surface area contributed by atoms with Crippen LogP contribution in [0.15, 0.2) is 36.4 Å². The lowest BCUT2D eigenvalue weighted by atomic mass is 10.0. The maximum Gasteiger partial charge on any atom is 0.179 e. The molecule has 21 heavy (non-hydrogen) atoms. The third-order valence-corrected chi connectivity index (χ3v) is 3.72. The van der Waals surface area contributed by atoms with Crippen LogP contribution in [0.1, 0.15) is 17.2 Å². The number of methoxy groups -OCH3 is 2. The second-order valence-electron chi connectivity index (χ2n) is 4.58. The lowest BCUT2D eigenvalue weighted by Gasteiger charge is -2.15. The number of aliphatic hydroxyl groups excluding tert-OH is 1. The van der Waals surface area contributed by atoms with Crippen molar-refractivity contribution in [1.29, 1.82) is 0 Å². The van der Waals surface area contributed by atoms with Crippen molar-refractivity contribution in [3.05, 3.63) is 57.6 Å². The minimum atomic E-state index is -0.691. The molecular formula is C16H16Cl2O3. The van der Waals surface area contributed by atoms with Crippen LogP contribution >= 0.6 is 23.2 Å². The van der Waals surface area contributed by atoms with Gasteiger partial charge >= 0.3 is 0 Å². The van der Waals surface area contributed by atoms with Crippen molar-refractivity contribution in [2.75, 3.05) is 14.2 Å². The first kappa shape index (κ1) is 16.0. The van der Waals surface area contributed by atoms with Crippen LogP contribution < -0.4 is 9.47 Å². The van der Waals surface area contributed by atoms with Gasteiger partial charge in [-0.3, -0.25) is 0 Å². The summed E-state index contributed by atoms with van der Waals surface area (Å²) in [4.78, 5) is 0. The van der Waals surface area contributed by atoms with Gasteiger partial charge in [0.25, 0.3) is 0 Å². The lowest BCUT2D eigenvalue weighted by molar-refractivity contribution is 0.178. The highest BCUT2D eigenvalue weighted by Gasteiger charge is 2.16. The van der Waals surface area contributed by atoms with E-state index >= 15 is 0 Å². The molecule has 0 aliphatic rings. The Morgan fingerprint density at radius 1 is 1.05 bits per heavy atom. The molecule has 0 saturated heterocycles. The molecule has 2 rings (SSSR count). The van der Waals surface area contributed by atoms with Crippen LogP contribution in [0.4, 0.5) is 0 Å². The van der Waals surface area contributed by atoms with E-state index in [9.17, 15) is 5.11 Å². The summed E-state index contributed by atoms with van der Waals surface area (Å²) in [5, 5.41) is 11.4. The first-order valence-electron chi connectivity index (χ1n) is 6.39. The van der Waals surface area contributed by atoms with Gasteiger partial charge in [0.05, 0.1) is 25.3 Å². The largest absolute Gasteiger partial charge is 0.493 e. The fourth-order valence-electron chi connectivity index (χ4n) is 2.09. The molecule has 0 fully saturated rings. The molecule has 1 N–H and O–H groups in total. The van der Waals surface area contributed by atoms with E-state index in [4.69, 9.17) is 32.7 Å². The zero-order valence-electron chi connectivity index (χ0n) is 11.8. The fraction of sp³-hybridized carbons (Fsp3) is 0.250. The molecule has 5 heteroatoms. The Morgan fingerprint density at radius 3 is 2.29 bits per heavy atom. The van der Waals surface area contributed by atoms with Gasteiger partial charge in [-0.25, -0.2) is 0 Å². The number of hydrogen-bond donors (Lipinski definition) is 1. The second kappa shape index (κ2) is 7.03. The van der Waals surface area contributed by atoms with Crippen molar-refractivity contribution in [2.24, 2.45) is 0 Å². The van der Waals surface area contributed by atoms with Gasteiger partial charge in [-0.15, -0.1) is 0 Å². The van der Waals surface area contributed by atoms with Gasteiger partial charge in [-0.05, 0) is 35.4 Å². The molecule has 1 unspecified atom stereocenters. The molecule has 112 valence electrons. The van der Waals surface area contributed by atoms with Crippen molar-refractivity contribution in [3.8, 4) is 11.5 Å². The number of aliphatic hydroxyl groups is 1. The molecule has 1 atom stereocenters. The fourth-order valence-corrected chi connectivity index (χ4v) is 2.51. The monoisotopic (exact) mass is 326 g/mol. The summed E-state index contributed by atoms with van der Waals surface area (Å²) in [5.41, 5.74) is 1.66. The number of rotatable bonds is 5. The van der Waals surface area contributed by atoms with Crippen molar-refractivity contribution in [1.82, 2.24) is 0 Å². The smallest absolute Gasteiger partial charge is 0.179 e. The minimum Gasteiger partial charge on any atom is -0.493 e. The molecule has 0 amide bonds. The highest BCUT2D eigenvalue weighted by atomic mass is 35.5. The van der Waals surface area contributed by atoms with Crippen LogP contribution in [0.3, 0.4) is 0 Å². The lowest BCUT2D eigenvalue weighted by Crippen LogP contribution is -2.03. The quantitative estimate of drug-likeness (QED) is 0.890. The van der Waals surface area contributed by atoms with E-state index in [1.54, 1.807) is 24.3 Å². The molecule has 0 radical (unpaired) electrons. The van der Waals surface area contributed by atoms with Crippen molar-refractivity contribution in [2.45, 2.75) is 12.5 Å².